The molecular formula is C21H23NO3S. The van der Waals surface area contributed by atoms with Crippen LogP contribution in [0.3, 0.4) is 0 Å². The van der Waals surface area contributed by atoms with Crippen LogP contribution in [0.5, 0.6) is 0 Å². The van der Waals surface area contributed by atoms with E-state index in [4.69, 9.17) is 4.74 Å². The van der Waals surface area contributed by atoms with Crippen LogP contribution in [0.4, 0.5) is 5.69 Å². The highest BCUT2D eigenvalue weighted by molar-refractivity contribution is 8.00. The molecular weight excluding hydrogens is 346 g/mol. The predicted molar refractivity (Wildman–Crippen MR) is 106 cm³/mol. The zero-order chi connectivity index (χ0) is 18.7. The van der Waals surface area contributed by atoms with E-state index in [0.29, 0.717) is 17.9 Å². The molecule has 0 aromatic heterocycles. The molecule has 2 aromatic rings. The van der Waals surface area contributed by atoms with E-state index >= 15 is 0 Å². The Hall–Kier alpha value is -2.27. The number of amides is 1. The smallest absolute Gasteiger partial charge is 0.338 e. The molecule has 1 aliphatic rings. The van der Waals surface area contributed by atoms with Crippen molar-refractivity contribution in [2.24, 2.45) is 0 Å². The molecule has 0 spiro atoms. The Morgan fingerprint density at radius 3 is 2.58 bits per heavy atom. The van der Waals surface area contributed by atoms with Crippen molar-refractivity contribution in [1.82, 2.24) is 0 Å². The summed E-state index contributed by atoms with van der Waals surface area (Å²) in [7, 11) is 0. The molecule has 1 fully saturated rings. The van der Waals surface area contributed by atoms with Gasteiger partial charge in [0.1, 0.15) is 5.37 Å². The first-order chi connectivity index (χ1) is 12.5. The molecule has 1 atom stereocenters. The molecule has 26 heavy (non-hydrogen) atoms. The van der Waals surface area contributed by atoms with Crippen LogP contribution in [-0.2, 0) is 9.53 Å². The summed E-state index contributed by atoms with van der Waals surface area (Å²) in [6, 6.07) is 13.7. The molecule has 3 rings (SSSR count). The van der Waals surface area contributed by atoms with Gasteiger partial charge < -0.3 is 4.74 Å². The van der Waals surface area contributed by atoms with Crippen molar-refractivity contribution < 1.29 is 14.3 Å². The van der Waals surface area contributed by atoms with Gasteiger partial charge in [0.15, 0.2) is 0 Å². The van der Waals surface area contributed by atoms with Crippen LogP contribution in [0.1, 0.15) is 45.8 Å². The molecule has 0 radical (unpaired) electrons. The van der Waals surface area contributed by atoms with E-state index in [1.165, 1.54) is 5.56 Å². The number of rotatable bonds is 5. The van der Waals surface area contributed by atoms with E-state index in [2.05, 4.69) is 31.2 Å². The topological polar surface area (TPSA) is 46.6 Å². The van der Waals surface area contributed by atoms with Crippen molar-refractivity contribution in [3.63, 3.8) is 0 Å². The average Bonchev–Trinajstić information content (AvgIpc) is 3.01. The zero-order valence-corrected chi connectivity index (χ0v) is 16.1. The summed E-state index contributed by atoms with van der Waals surface area (Å²) >= 11 is 1.63. The zero-order valence-electron chi connectivity index (χ0n) is 15.3. The Morgan fingerprint density at radius 2 is 1.92 bits per heavy atom. The maximum Gasteiger partial charge on any atom is 0.338 e. The molecule has 0 N–H and O–H groups in total. The quantitative estimate of drug-likeness (QED) is 0.720. The van der Waals surface area contributed by atoms with Crippen LogP contribution in [0, 0.1) is 13.8 Å². The van der Waals surface area contributed by atoms with Crippen LogP contribution in [0.2, 0.25) is 0 Å². The fourth-order valence-corrected chi connectivity index (χ4v) is 4.16. The van der Waals surface area contributed by atoms with Gasteiger partial charge in [-0.3, -0.25) is 9.69 Å². The van der Waals surface area contributed by atoms with E-state index in [1.807, 2.05) is 24.8 Å². The normalized spacial score (nSPS) is 16.8. The SMILES string of the molecule is CCCOC(=O)c1ccc(N2C(=O)CSC2c2ccc(C)cc2)c(C)c1. The molecule has 0 aliphatic carbocycles. The van der Waals surface area contributed by atoms with Gasteiger partial charge in [-0.05, 0) is 49.6 Å². The summed E-state index contributed by atoms with van der Waals surface area (Å²) in [5.74, 6) is 0.224. The largest absolute Gasteiger partial charge is 0.462 e. The van der Waals surface area contributed by atoms with E-state index in [-0.39, 0.29) is 17.3 Å². The van der Waals surface area contributed by atoms with E-state index < -0.39 is 0 Å². The van der Waals surface area contributed by atoms with Crippen LogP contribution < -0.4 is 4.90 Å². The number of carbonyl (C=O) groups is 2. The molecule has 2 aromatic carbocycles. The first-order valence-corrected chi connectivity index (χ1v) is 9.84. The minimum Gasteiger partial charge on any atom is -0.462 e. The second kappa shape index (κ2) is 7.96. The first-order valence-electron chi connectivity index (χ1n) is 8.79. The monoisotopic (exact) mass is 369 g/mol. The van der Waals surface area contributed by atoms with Crippen molar-refractivity contribution in [2.75, 3.05) is 17.3 Å². The fourth-order valence-electron chi connectivity index (χ4n) is 2.99. The summed E-state index contributed by atoms with van der Waals surface area (Å²) in [5, 5.41) is -0.0420. The van der Waals surface area contributed by atoms with Gasteiger partial charge in [0.25, 0.3) is 0 Å². The number of benzene rings is 2. The molecule has 0 saturated carbocycles. The fraction of sp³-hybridized carbons (Fsp3) is 0.333. The maximum absolute atomic E-state index is 12.6. The summed E-state index contributed by atoms with van der Waals surface area (Å²) in [4.78, 5) is 26.5. The van der Waals surface area contributed by atoms with Crippen molar-refractivity contribution >= 4 is 29.3 Å². The van der Waals surface area contributed by atoms with Gasteiger partial charge in [0.2, 0.25) is 5.91 Å². The van der Waals surface area contributed by atoms with Crippen molar-refractivity contribution in [2.45, 2.75) is 32.6 Å². The standard InChI is InChI=1S/C21H23NO3S/c1-4-11-25-21(24)17-9-10-18(15(3)12-17)22-19(23)13-26-20(22)16-7-5-14(2)6-8-16/h5-10,12,20H,4,11,13H2,1-3H3. The van der Waals surface area contributed by atoms with Crippen molar-refractivity contribution in [3.8, 4) is 0 Å². The van der Waals surface area contributed by atoms with Crippen LogP contribution in [-0.4, -0.2) is 24.2 Å². The van der Waals surface area contributed by atoms with Crippen molar-refractivity contribution in [3.05, 3.63) is 64.7 Å². The van der Waals surface area contributed by atoms with Gasteiger partial charge >= 0.3 is 5.97 Å². The van der Waals surface area contributed by atoms with Crippen LogP contribution >= 0.6 is 11.8 Å². The highest BCUT2D eigenvalue weighted by Gasteiger charge is 2.34. The van der Waals surface area contributed by atoms with E-state index in [0.717, 1.165) is 23.2 Å². The molecule has 136 valence electrons. The van der Waals surface area contributed by atoms with E-state index in [9.17, 15) is 9.59 Å². The minimum atomic E-state index is -0.321. The lowest BCUT2D eigenvalue weighted by Gasteiger charge is -2.26. The number of esters is 1. The van der Waals surface area contributed by atoms with Gasteiger partial charge in [-0.25, -0.2) is 4.79 Å². The summed E-state index contributed by atoms with van der Waals surface area (Å²) in [5.41, 5.74) is 4.56. The Bertz CT molecular complexity index is 817. The molecule has 1 saturated heterocycles. The molecule has 1 heterocycles. The predicted octanol–water partition coefficient (Wildman–Crippen LogP) is 4.65. The highest BCUT2D eigenvalue weighted by atomic mass is 32.2. The Morgan fingerprint density at radius 1 is 1.19 bits per heavy atom. The van der Waals surface area contributed by atoms with Gasteiger partial charge in [-0.2, -0.15) is 0 Å². The summed E-state index contributed by atoms with van der Waals surface area (Å²) < 4.78 is 5.20. The number of aryl methyl sites for hydroxylation is 2. The van der Waals surface area contributed by atoms with Gasteiger partial charge in [-0.1, -0.05) is 36.8 Å². The number of carbonyl (C=O) groups excluding carboxylic acids is 2. The lowest BCUT2D eigenvalue weighted by Crippen LogP contribution is -2.28. The van der Waals surface area contributed by atoms with Gasteiger partial charge in [0, 0.05) is 5.69 Å². The molecule has 1 unspecified atom stereocenters. The Kier molecular flexibility index (Phi) is 5.67. The maximum atomic E-state index is 12.6. The first kappa shape index (κ1) is 18.5. The number of nitrogens with zero attached hydrogens (tertiary/aromatic N) is 1. The van der Waals surface area contributed by atoms with Crippen molar-refractivity contribution in [1.29, 1.82) is 0 Å². The lowest BCUT2D eigenvalue weighted by molar-refractivity contribution is -0.115. The third-order valence-electron chi connectivity index (χ3n) is 4.36. The third kappa shape index (κ3) is 3.78. The van der Waals surface area contributed by atoms with E-state index in [1.54, 1.807) is 23.9 Å². The molecule has 5 heteroatoms. The number of anilines is 1. The number of hydrogen-bond acceptors (Lipinski definition) is 4. The lowest BCUT2D eigenvalue weighted by atomic mass is 10.1. The Labute approximate surface area is 158 Å². The molecule has 1 aliphatic heterocycles. The summed E-state index contributed by atoms with van der Waals surface area (Å²) in [6.45, 7) is 6.35. The van der Waals surface area contributed by atoms with Crippen LogP contribution in [0.15, 0.2) is 42.5 Å². The third-order valence-corrected chi connectivity index (χ3v) is 5.57. The number of thioether (sulfide) groups is 1. The highest BCUT2D eigenvalue weighted by Crippen LogP contribution is 2.42. The van der Waals surface area contributed by atoms with Gasteiger partial charge in [0.05, 0.1) is 17.9 Å². The number of ether oxygens (including phenoxy) is 1. The molecule has 0 bridgehead atoms. The average molecular weight is 369 g/mol. The molecule has 1 amide bonds. The van der Waals surface area contributed by atoms with Gasteiger partial charge in [-0.15, -0.1) is 11.8 Å². The van der Waals surface area contributed by atoms with Crippen LogP contribution in [0.25, 0.3) is 0 Å². The Balaban J connectivity index is 1.89. The number of hydrogen-bond donors (Lipinski definition) is 0. The second-order valence-electron chi connectivity index (χ2n) is 6.47. The second-order valence-corrected chi connectivity index (χ2v) is 7.54. The molecule has 4 nitrogen and oxygen atoms in total. The minimum absolute atomic E-state index is 0.0420. The summed E-state index contributed by atoms with van der Waals surface area (Å²) in [6.07, 6.45) is 0.792.